The number of hydrogen-bond donors (Lipinski definition) is 3. The monoisotopic (exact) mass is 755 g/mol. The van der Waals surface area contributed by atoms with Crippen molar-refractivity contribution in [1.82, 2.24) is 29.9 Å². The summed E-state index contributed by atoms with van der Waals surface area (Å²) in [6.07, 6.45) is 3.04. The van der Waals surface area contributed by atoms with Gasteiger partial charge in [-0.05, 0) is 103 Å². The van der Waals surface area contributed by atoms with E-state index in [4.69, 9.17) is 9.97 Å². The number of hydrogen-bond acceptors (Lipinski definition) is 10. The standard InChI is InChI=1S/C39H34BrN9OS/c1-22(2)31-16-14-29-35(41-20-42-36(29)47-31)45-26-10-12-28(13-11-26)51-34-18-5-24(39(50)46-27-8-6-25(40)7-9-27)19-33(34)49-38-30-15-17-32(23(3)4)48-37(30)43-21-44-38/h5-23H,1-4H3,(H,46,50)(H,41,42,45,47)(H,43,44,48,49). The van der Waals surface area contributed by atoms with Gasteiger partial charge >= 0.3 is 0 Å². The molecule has 7 aromatic rings. The van der Waals surface area contributed by atoms with Crippen molar-refractivity contribution in [2.75, 3.05) is 16.0 Å². The number of fused-ring (bicyclic) bond motifs is 2. The van der Waals surface area contributed by atoms with Gasteiger partial charge in [0.15, 0.2) is 11.3 Å². The number of rotatable bonds is 10. The van der Waals surface area contributed by atoms with Crippen molar-refractivity contribution < 1.29 is 4.79 Å². The normalized spacial score (nSPS) is 11.4. The minimum absolute atomic E-state index is 0.226. The number of carbonyl (C=O) groups is 1. The molecule has 0 saturated heterocycles. The molecule has 0 bridgehead atoms. The molecule has 0 unspecified atom stereocenters. The molecule has 0 saturated carbocycles. The first kappa shape index (κ1) is 34.0. The molecule has 0 radical (unpaired) electrons. The maximum absolute atomic E-state index is 13.4. The van der Waals surface area contributed by atoms with Crippen LogP contribution in [0, 0.1) is 0 Å². The Bertz CT molecular complexity index is 2370. The number of halogens is 1. The average molecular weight is 757 g/mol. The van der Waals surface area contributed by atoms with Gasteiger partial charge in [-0.2, -0.15) is 0 Å². The lowest BCUT2D eigenvalue weighted by Gasteiger charge is -2.15. The number of nitrogens with one attached hydrogen (secondary N) is 3. The van der Waals surface area contributed by atoms with E-state index >= 15 is 0 Å². The molecule has 0 aliphatic carbocycles. The Morgan fingerprint density at radius 1 is 0.647 bits per heavy atom. The van der Waals surface area contributed by atoms with Crippen LogP contribution in [0.1, 0.15) is 61.3 Å². The third-order valence-electron chi connectivity index (χ3n) is 8.16. The lowest BCUT2D eigenvalue weighted by Crippen LogP contribution is -2.12. The number of nitrogens with zero attached hydrogens (tertiary/aromatic N) is 6. The van der Waals surface area contributed by atoms with E-state index in [9.17, 15) is 4.79 Å². The third kappa shape index (κ3) is 7.82. The van der Waals surface area contributed by atoms with Gasteiger partial charge in [0, 0.05) is 42.6 Å². The van der Waals surface area contributed by atoms with E-state index in [0.717, 1.165) is 47.8 Å². The van der Waals surface area contributed by atoms with Gasteiger partial charge in [-0.1, -0.05) is 55.4 Å². The highest BCUT2D eigenvalue weighted by atomic mass is 79.9. The summed E-state index contributed by atoms with van der Waals surface area (Å²) < 4.78 is 0.935. The summed E-state index contributed by atoms with van der Waals surface area (Å²) in [5.74, 6) is 1.64. The van der Waals surface area contributed by atoms with Crippen LogP contribution in [0.3, 0.4) is 0 Å². The van der Waals surface area contributed by atoms with E-state index < -0.39 is 0 Å². The lowest BCUT2D eigenvalue weighted by molar-refractivity contribution is 0.102. The minimum Gasteiger partial charge on any atom is -0.340 e. The zero-order chi connectivity index (χ0) is 35.5. The van der Waals surface area contributed by atoms with Gasteiger partial charge in [-0.3, -0.25) is 4.79 Å². The Morgan fingerprint density at radius 3 is 1.80 bits per heavy atom. The van der Waals surface area contributed by atoms with Gasteiger partial charge in [0.1, 0.15) is 24.3 Å². The summed E-state index contributed by atoms with van der Waals surface area (Å²) in [6.45, 7) is 8.43. The molecule has 51 heavy (non-hydrogen) atoms. The fourth-order valence-corrected chi connectivity index (χ4v) is 6.49. The number of carbonyl (C=O) groups excluding carboxylic acids is 1. The van der Waals surface area contributed by atoms with Crippen LogP contribution in [0.25, 0.3) is 22.1 Å². The van der Waals surface area contributed by atoms with E-state index in [2.05, 4.69) is 79.5 Å². The highest BCUT2D eigenvalue weighted by molar-refractivity contribution is 9.10. The molecule has 0 aliphatic rings. The molecule has 4 aromatic heterocycles. The van der Waals surface area contributed by atoms with Crippen LogP contribution in [0.4, 0.5) is 28.7 Å². The molecule has 12 heteroatoms. The molecule has 3 aromatic carbocycles. The molecule has 254 valence electrons. The SMILES string of the molecule is CC(C)c1ccc2c(Nc3ccc(Sc4ccc(C(=O)Nc5ccc(Br)cc5)cc4Nc4ncnc5nc(C(C)C)ccc45)cc3)ncnc2n1. The summed E-state index contributed by atoms with van der Waals surface area (Å²) in [7, 11) is 0. The first-order valence-electron chi connectivity index (χ1n) is 16.5. The van der Waals surface area contributed by atoms with Gasteiger partial charge in [0.25, 0.3) is 5.91 Å². The largest absolute Gasteiger partial charge is 0.340 e. The fraction of sp³-hybridized carbons (Fsp3) is 0.154. The molecule has 0 aliphatic heterocycles. The molecule has 0 atom stereocenters. The maximum atomic E-state index is 13.4. The Labute approximate surface area is 308 Å². The van der Waals surface area contributed by atoms with Gasteiger partial charge in [0.2, 0.25) is 0 Å². The van der Waals surface area contributed by atoms with Crippen LogP contribution in [-0.2, 0) is 0 Å². The van der Waals surface area contributed by atoms with Crippen molar-refractivity contribution in [3.05, 3.63) is 125 Å². The molecule has 3 N–H and O–H groups in total. The number of pyridine rings is 2. The number of benzene rings is 3. The summed E-state index contributed by atoms with van der Waals surface area (Å²) in [5.41, 5.74) is 6.01. The van der Waals surface area contributed by atoms with E-state index in [-0.39, 0.29) is 11.8 Å². The van der Waals surface area contributed by atoms with Crippen molar-refractivity contribution in [3.8, 4) is 0 Å². The van der Waals surface area contributed by atoms with Crippen molar-refractivity contribution in [2.45, 2.75) is 49.3 Å². The van der Waals surface area contributed by atoms with Crippen molar-refractivity contribution >= 4 is 84.4 Å². The molecule has 1 amide bonds. The topological polar surface area (TPSA) is 130 Å². The summed E-state index contributed by atoms with van der Waals surface area (Å²) in [4.78, 5) is 42.6. The number of amides is 1. The predicted molar refractivity (Wildman–Crippen MR) is 209 cm³/mol. The first-order chi connectivity index (χ1) is 24.7. The second kappa shape index (κ2) is 14.8. The van der Waals surface area contributed by atoms with Crippen LogP contribution in [-0.4, -0.2) is 35.8 Å². The zero-order valence-corrected chi connectivity index (χ0v) is 30.7. The van der Waals surface area contributed by atoms with Crippen LogP contribution >= 0.6 is 27.7 Å². The van der Waals surface area contributed by atoms with E-state index in [1.54, 1.807) is 11.8 Å². The molecule has 0 spiro atoms. The molecular formula is C39H34BrN9OS. The van der Waals surface area contributed by atoms with E-state index in [0.29, 0.717) is 40.1 Å². The van der Waals surface area contributed by atoms with Gasteiger partial charge in [0.05, 0.1) is 16.5 Å². The maximum Gasteiger partial charge on any atom is 0.255 e. The lowest BCUT2D eigenvalue weighted by atomic mass is 10.1. The Kier molecular flexibility index (Phi) is 9.87. The van der Waals surface area contributed by atoms with Gasteiger partial charge < -0.3 is 16.0 Å². The molecule has 0 fully saturated rings. The highest BCUT2D eigenvalue weighted by Crippen LogP contribution is 2.37. The van der Waals surface area contributed by atoms with Crippen LogP contribution < -0.4 is 16.0 Å². The molecule has 7 rings (SSSR count). The second-order valence-electron chi connectivity index (χ2n) is 12.5. The average Bonchev–Trinajstić information content (AvgIpc) is 3.13. The smallest absolute Gasteiger partial charge is 0.255 e. The van der Waals surface area contributed by atoms with Crippen LogP contribution in [0.5, 0.6) is 0 Å². The Balaban J connectivity index is 1.17. The molecular weight excluding hydrogens is 722 g/mol. The van der Waals surface area contributed by atoms with Crippen molar-refractivity contribution in [1.29, 1.82) is 0 Å². The summed E-state index contributed by atoms with van der Waals surface area (Å²) in [6, 6.07) is 29.2. The van der Waals surface area contributed by atoms with E-state index in [1.807, 2.05) is 91.0 Å². The minimum atomic E-state index is -0.226. The highest BCUT2D eigenvalue weighted by Gasteiger charge is 2.15. The van der Waals surface area contributed by atoms with Gasteiger partial charge in [-0.15, -0.1) is 0 Å². The third-order valence-corrected chi connectivity index (χ3v) is 9.77. The summed E-state index contributed by atoms with van der Waals surface area (Å²) in [5, 5.41) is 11.5. The summed E-state index contributed by atoms with van der Waals surface area (Å²) >= 11 is 5.02. The Hall–Kier alpha value is -5.46. The number of anilines is 5. The molecule has 4 heterocycles. The quantitative estimate of drug-likeness (QED) is 0.124. The fourth-order valence-electron chi connectivity index (χ4n) is 5.35. The number of aromatic nitrogens is 6. The molecule has 10 nitrogen and oxygen atoms in total. The second-order valence-corrected chi connectivity index (χ2v) is 14.5. The van der Waals surface area contributed by atoms with Crippen molar-refractivity contribution in [3.63, 3.8) is 0 Å². The Morgan fingerprint density at radius 2 is 1.22 bits per heavy atom. The van der Waals surface area contributed by atoms with Gasteiger partial charge in [-0.25, -0.2) is 29.9 Å². The first-order valence-corrected chi connectivity index (χ1v) is 18.1. The van der Waals surface area contributed by atoms with Crippen LogP contribution in [0.2, 0.25) is 0 Å². The van der Waals surface area contributed by atoms with Crippen molar-refractivity contribution in [2.24, 2.45) is 0 Å². The van der Waals surface area contributed by atoms with E-state index in [1.165, 1.54) is 12.7 Å². The van der Waals surface area contributed by atoms with Crippen LogP contribution in [0.15, 0.2) is 118 Å². The zero-order valence-electron chi connectivity index (χ0n) is 28.3. The predicted octanol–water partition coefficient (Wildman–Crippen LogP) is 10.3.